The minimum absolute atomic E-state index is 0.0310. The molecule has 0 aliphatic carbocycles. The molecule has 0 atom stereocenters. The lowest BCUT2D eigenvalue weighted by Crippen LogP contribution is -2.47. The fourth-order valence-corrected chi connectivity index (χ4v) is 2.89. The quantitative estimate of drug-likeness (QED) is 0.505. The Morgan fingerprint density at radius 1 is 1.56 bits per heavy atom. The van der Waals surface area contributed by atoms with Crippen LogP contribution in [-0.4, -0.2) is 42.0 Å². The summed E-state index contributed by atoms with van der Waals surface area (Å²) in [6.07, 6.45) is 1.44. The summed E-state index contributed by atoms with van der Waals surface area (Å²) in [6, 6.07) is 2.91. The van der Waals surface area contributed by atoms with Crippen molar-refractivity contribution >= 4 is 15.8 Å². The normalized spacial score (nSPS) is 12.8. The van der Waals surface area contributed by atoms with Crippen LogP contribution >= 0.6 is 0 Å². The number of rotatable bonds is 5. The summed E-state index contributed by atoms with van der Waals surface area (Å²) in [4.78, 5) is 3.82. The van der Waals surface area contributed by atoms with E-state index in [1.165, 1.54) is 25.4 Å². The first-order chi connectivity index (χ1) is 8.27. The summed E-state index contributed by atoms with van der Waals surface area (Å²) in [5.74, 6) is 5.31. The molecular weight excluding hydrogens is 256 g/mol. The van der Waals surface area contributed by atoms with Crippen LogP contribution in [0.3, 0.4) is 0 Å². The molecule has 1 heterocycles. The number of nitrogens with two attached hydrogens (primary N) is 1. The Morgan fingerprint density at radius 2 is 2.17 bits per heavy atom. The van der Waals surface area contributed by atoms with Crippen molar-refractivity contribution in [2.24, 2.45) is 5.84 Å². The first-order valence-corrected chi connectivity index (χ1v) is 6.73. The number of anilines is 1. The number of nitrogen functional groups attached to an aromatic ring is 1. The van der Waals surface area contributed by atoms with Gasteiger partial charge in [-0.3, -0.25) is 0 Å². The number of hydrazine groups is 1. The molecule has 0 radical (unpaired) electrons. The number of hydrogen-bond acceptors (Lipinski definition) is 6. The minimum atomic E-state index is -3.78. The summed E-state index contributed by atoms with van der Waals surface area (Å²) < 4.78 is 25.9. The zero-order valence-electron chi connectivity index (χ0n) is 10.6. The molecule has 0 amide bonds. The smallest absolute Gasteiger partial charge is 0.247 e. The summed E-state index contributed by atoms with van der Waals surface area (Å²) in [5, 5.41) is 9.24. The van der Waals surface area contributed by atoms with E-state index in [4.69, 9.17) is 5.84 Å². The highest BCUT2D eigenvalue weighted by Crippen LogP contribution is 2.25. The molecule has 1 aromatic rings. The van der Waals surface area contributed by atoms with E-state index in [1.807, 2.05) is 0 Å². The Labute approximate surface area is 107 Å². The molecule has 0 fully saturated rings. The summed E-state index contributed by atoms with van der Waals surface area (Å²) in [6.45, 7) is 2.95. The Balaban J connectivity index is 3.30. The van der Waals surface area contributed by atoms with Crippen molar-refractivity contribution in [1.29, 1.82) is 0 Å². The van der Waals surface area contributed by atoms with E-state index in [0.29, 0.717) is 0 Å². The van der Waals surface area contributed by atoms with Gasteiger partial charge in [0.1, 0.15) is 4.90 Å². The molecule has 0 spiro atoms. The number of sulfonamides is 1. The van der Waals surface area contributed by atoms with Gasteiger partial charge in [-0.1, -0.05) is 0 Å². The van der Waals surface area contributed by atoms with E-state index in [-0.39, 0.29) is 17.3 Å². The fraction of sp³-hybridized carbons (Fsp3) is 0.500. The molecule has 0 saturated carbocycles. The van der Waals surface area contributed by atoms with Gasteiger partial charge in [-0.05, 0) is 26.0 Å². The monoisotopic (exact) mass is 274 g/mol. The van der Waals surface area contributed by atoms with Gasteiger partial charge >= 0.3 is 0 Å². The molecule has 18 heavy (non-hydrogen) atoms. The molecule has 4 N–H and O–H groups in total. The van der Waals surface area contributed by atoms with Gasteiger partial charge in [0.15, 0.2) is 5.82 Å². The number of pyridine rings is 1. The molecule has 8 heteroatoms. The van der Waals surface area contributed by atoms with Crippen LogP contribution in [0.25, 0.3) is 0 Å². The van der Waals surface area contributed by atoms with Crippen LogP contribution in [0, 0.1) is 0 Å². The van der Waals surface area contributed by atoms with Crippen molar-refractivity contribution in [3.63, 3.8) is 0 Å². The van der Waals surface area contributed by atoms with E-state index in [1.54, 1.807) is 13.8 Å². The van der Waals surface area contributed by atoms with Gasteiger partial charge in [0.25, 0.3) is 0 Å². The number of aliphatic hydroxyl groups excluding tert-OH is 1. The van der Waals surface area contributed by atoms with Crippen molar-refractivity contribution in [2.45, 2.75) is 24.3 Å². The predicted molar refractivity (Wildman–Crippen MR) is 68.2 cm³/mol. The molecule has 1 aromatic heterocycles. The van der Waals surface area contributed by atoms with Crippen LogP contribution in [0.2, 0.25) is 0 Å². The number of likely N-dealkylation sites (N-methyl/N-ethyl adjacent to an activating group) is 1. The third kappa shape index (κ3) is 2.61. The first kappa shape index (κ1) is 14.8. The van der Waals surface area contributed by atoms with Crippen LogP contribution in [0.4, 0.5) is 5.82 Å². The van der Waals surface area contributed by atoms with Gasteiger partial charge in [0.05, 0.1) is 12.1 Å². The van der Waals surface area contributed by atoms with Crippen LogP contribution < -0.4 is 11.3 Å². The van der Waals surface area contributed by atoms with E-state index in [9.17, 15) is 13.5 Å². The zero-order valence-corrected chi connectivity index (χ0v) is 11.4. The fourth-order valence-electron chi connectivity index (χ4n) is 1.28. The molecule has 0 aromatic carbocycles. The van der Waals surface area contributed by atoms with Crippen LogP contribution in [-0.2, 0) is 10.0 Å². The Kier molecular flexibility index (Phi) is 4.28. The van der Waals surface area contributed by atoms with Crippen molar-refractivity contribution < 1.29 is 13.5 Å². The summed E-state index contributed by atoms with van der Waals surface area (Å²) >= 11 is 0. The maximum Gasteiger partial charge on any atom is 0.247 e. The largest absolute Gasteiger partial charge is 0.394 e. The number of nitrogens with zero attached hydrogens (tertiary/aromatic N) is 2. The highest BCUT2D eigenvalue weighted by molar-refractivity contribution is 7.89. The standard InChI is InChI=1S/C10H18N4O3S/c1-10(2,7-15)14(3)18(16,17)8-5-4-6-12-9(8)13-11/h4-6,15H,7,11H2,1-3H3,(H,12,13). The summed E-state index contributed by atoms with van der Waals surface area (Å²) in [5.41, 5.74) is 1.33. The average Bonchev–Trinajstić information content (AvgIpc) is 2.37. The van der Waals surface area contributed by atoms with Crippen molar-refractivity contribution in [3.05, 3.63) is 18.3 Å². The van der Waals surface area contributed by atoms with Gasteiger partial charge in [0.2, 0.25) is 10.0 Å². The van der Waals surface area contributed by atoms with Gasteiger partial charge in [-0.25, -0.2) is 19.2 Å². The molecule has 0 bridgehead atoms. The molecular formula is C10H18N4O3S. The maximum atomic E-state index is 12.4. The van der Waals surface area contributed by atoms with E-state index in [0.717, 1.165) is 4.31 Å². The Morgan fingerprint density at radius 3 is 2.67 bits per heavy atom. The van der Waals surface area contributed by atoms with Gasteiger partial charge in [0, 0.05) is 13.2 Å². The van der Waals surface area contributed by atoms with E-state index in [2.05, 4.69) is 10.4 Å². The van der Waals surface area contributed by atoms with Crippen LogP contribution in [0.1, 0.15) is 13.8 Å². The second-order valence-corrected chi connectivity index (χ2v) is 6.38. The molecule has 0 aliphatic rings. The van der Waals surface area contributed by atoms with Gasteiger partial charge < -0.3 is 10.5 Å². The SMILES string of the molecule is CN(C(C)(C)CO)S(=O)(=O)c1cccnc1NN. The highest BCUT2D eigenvalue weighted by atomic mass is 32.2. The molecule has 102 valence electrons. The van der Waals surface area contributed by atoms with Crippen molar-refractivity contribution in [1.82, 2.24) is 9.29 Å². The lowest BCUT2D eigenvalue weighted by atomic mass is 10.1. The van der Waals surface area contributed by atoms with Crippen LogP contribution in [0.5, 0.6) is 0 Å². The minimum Gasteiger partial charge on any atom is -0.394 e. The number of hydrogen-bond donors (Lipinski definition) is 3. The average molecular weight is 274 g/mol. The summed E-state index contributed by atoms with van der Waals surface area (Å²) in [7, 11) is -2.38. The van der Waals surface area contributed by atoms with E-state index < -0.39 is 15.6 Å². The number of aromatic nitrogens is 1. The second kappa shape index (κ2) is 5.19. The van der Waals surface area contributed by atoms with Crippen LogP contribution in [0.15, 0.2) is 23.2 Å². The second-order valence-electron chi connectivity index (χ2n) is 4.44. The maximum absolute atomic E-state index is 12.4. The lowest BCUT2D eigenvalue weighted by Gasteiger charge is -2.33. The van der Waals surface area contributed by atoms with Gasteiger partial charge in [-0.15, -0.1) is 0 Å². The van der Waals surface area contributed by atoms with E-state index >= 15 is 0 Å². The third-order valence-corrected chi connectivity index (χ3v) is 4.89. The number of nitrogens with one attached hydrogen (secondary N) is 1. The Hall–Kier alpha value is -1.22. The van der Waals surface area contributed by atoms with Crippen molar-refractivity contribution in [3.8, 4) is 0 Å². The molecule has 7 nitrogen and oxygen atoms in total. The predicted octanol–water partition coefficient (Wildman–Crippen LogP) is -0.241. The zero-order chi connectivity index (χ0) is 14.0. The number of aliphatic hydroxyl groups is 1. The highest BCUT2D eigenvalue weighted by Gasteiger charge is 2.35. The molecule has 0 aliphatic heterocycles. The Bertz CT molecular complexity index is 516. The third-order valence-electron chi connectivity index (χ3n) is 2.79. The van der Waals surface area contributed by atoms with Crippen molar-refractivity contribution in [2.75, 3.05) is 19.1 Å². The molecule has 1 rings (SSSR count). The molecule has 0 unspecified atom stereocenters. The molecule has 0 saturated heterocycles. The lowest BCUT2D eigenvalue weighted by molar-refractivity contribution is 0.138. The topological polar surface area (TPSA) is 109 Å². The first-order valence-electron chi connectivity index (χ1n) is 5.29. The van der Waals surface area contributed by atoms with Gasteiger partial charge in [-0.2, -0.15) is 4.31 Å².